The molecule has 1 aromatic rings. The molecule has 1 aliphatic rings. The van der Waals surface area contributed by atoms with Crippen LogP contribution in [0, 0.1) is 5.41 Å². The molecule has 0 unspecified atom stereocenters. The van der Waals surface area contributed by atoms with E-state index in [1.807, 2.05) is 0 Å². The number of hydrogen-bond donors (Lipinski definition) is 0. The predicted octanol–water partition coefficient (Wildman–Crippen LogP) is 4.24. The van der Waals surface area contributed by atoms with E-state index in [9.17, 15) is 22.8 Å². The van der Waals surface area contributed by atoms with Crippen LogP contribution < -0.4 is 0 Å². The fourth-order valence-corrected chi connectivity index (χ4v) is 3.00. The summed E-state index contributed by atoms with van der Waals surface area (Å²) < 4.78 is 38.4. The minimum atomic E-state index is -4.43. The molecule has 130 valence electrons. The van der Waals surface area contributed by atoms with E-state index < -0.39 is 17.2 Å². The summed E-state index contributed by atoms with van der Waals surface area (Å²) in [5, 5.41) is 0.484. The molecule has 7 heteroatoms. The van der Waals surface area contributed by atoms with Crippen LogP contribution in [0.25, 0.3) is 0 Å². The van der Waals surface area contributed by atoms with Gasteiger partial charge in [-0.15, -0.1) is 0 Å². The van der Waals surface area contributed by atoms with Crippen LogP contribution in [0.1, 0.15) is 31.9 Å². The van der Waals surface area contributed by atoms with Gasteiger partial charge in [0.1, 0.15) is 0 Å². The summed E-state index contributed by atoms with van der Waals surface area (Å²) in [4.78, 5) is 25.5. The molecule has 3 nitrogen and oxygen atoms in total. The molecule has 0 atom stereocenters. The normalized spacial score (nSPS) is 17.7. The molecule has 1 heterocycles. The number of alkyl halides is 3. The molecule has 1 saturated heterocycles. The number of carbonyl (C=O) groups excluding carboxylic acids is 2. The molecule has 24 heavy (non-hydrogen) atoms. The summed E-state index contributed by atoms with van der Waals surface area (Å²) in [5.74, 6) is -0.165. The minimum Gasteiger partial charge on any atom is -0.301 e. The van der Waals surface area contributed by atoms with Crippen LogP contribution in [0.2, 0.25) is 0 Å². The fourth-order valence-electron chi connectivity index (χ4n) is 2.06. The van der Waals surface area contributed by atoms with Crippen molar-refractivity contribution in [2.24, 2.45) is 5.41 Å². The molecule has 1 aromatic carbocycles. The van der Waals surface area contributed by atoms with Crippen molar-refractivity contribution in [1.82, 2.24) is 4.90 Å². The monoisotopic (exact) mass is 357 g/mol. The lowest BCUT2D eigenvalue weighted by molar-refractivity contribution is -0.137. The van der Waals surface area contributed by atoms with Gasteiger partial charge in [0, 0.05) is 11.5 Å². The quantitative estimate of drug-likeness (QED) is 0.760. The third-order valence-electron chi connectivity index (χ3n) is 3.50. The maximum Gasteiger partial charge on any atom is 0.416 e. The largest absolute Gasteiger partial charge is 0.416 e. The van der Waals surface area contributed by atoms with Crippen molar-refractivity contribution in [3.8, 4) is 0 Å². The molecule has 0 aromatic heterocycles. The zero-order chi connectivity index (χ0) is 18.1. The zero-order valence-corrected chi connectivity index (χ0v) is 14.4. The summed E-state index contributed by atoms with van der Waals surface area (Å²) >= 11 is 1.23. The van der Waals surface area contributed by atoms with E-state index >= 15 is 0 Å². The molecule has 2 rings (SSSR count). The Balaban J connectivity index is 2.25. The smallest absolute Gasteiger partial charge is 0.301 e. The van der Waals surface area contributed by atoms with Crippen molar-refractivity contribution in [3.63, 3.8) is 0 Å². The van der Waals surface area contributed by atoms with Crippen molar-refractivity contribution in [3.05, 3.63) is 46.5 Å². The van der Waals surface area contributed by atoms with Crippen LogP contribution in [0.5, 0.6) is 0 Å². The highest BCUT2D eigenvalue weighted by molar-refractivity contribution is 8.04. The first kappa shape index (κ1) is 18.6. The Morgan fingerprint density at radius 2 is 1.96 bits per heavy atom. The number of benzene rings is 1. The Morgan fingerprint density at radius 1 is 1.29 bits per heavy atom. The van der Waals surface area contributed by atoms with Gasteiger partial charge in [-0.05, 0) is 17.7 Å². The van der Waals surface area contributed by atoms with Crippen LogP contribution in [0.3, 0.4) is 0 Å². The second kappa shape index (κ2) is 6.63. The van der Waals surface area contributed by atoms with Gasteiger partial charge in [-0.3, -0.25) is 9.59 Å². The fraction of sp³-hybridized carbons (Fsp3) is 0.412. The molecule has 0 spiro atoms. The molecule has 0 N–H and O–H groups in total. The number of amides is 1. The second-order valence-electron chi connectivity index (χ2n) is 6.56. The lowest BCUT2D eigenvalue weighted by atomic mass is 9.91. The van der Waals surface area contributed by atoms with Gasteiger partial charge < -0.3 is 4.90 Å². The summed E-state index contributed by atoms with van der Waals surface area (Å²) in [6.07, 6.45) is -3.02. The maximum atomic E-state index is 12.8. The number of nitrogens with zero attached hydrogens (tertiary/aromatic N) is 1. The number of halogens is 3. The lowest BCUT2D eigenvalue weighted by Gasteiger charge is -2.20. The number of rotatable bonds is 3. The third kappa shape index (κ3) is 4.41. The standard InChI is InChI=1S/C17H18F3NO2S/c1-16(2,3)13(22)8-15-21(14(23)10-24-15)9-11-5-4-6-12(7-11)17(18,19)20/h4-8H,9-10H2,1-3H3/b15-8-. The molecule has 1 amide bonds. The molecule has 1 aliphatic heterocycles. The van der Waals surface area contributed by atoms with Crippen molar-refractivity contribution in [2.75, 3.05) is 5.75 Å². The first-order valence-electron chi connectivity index (χ1n) is 7.34. The van der Waals surface area contributed by atoms with Crippen molar-refractivity contribution < 1.29 is 22.8 Å². The zero-order valence-electron chi connectivity index (χ0n) is 13.6. The van der Waals surface area contributed by atoms with Gasteiger partial charge in [0.2, 0.25) is 5.91 Å². The number of hydrogen-bond acceptors (Lipinski definition) is 3. The van der Waals surface area contributed by atoms with Crippen LogP contribution in [0.4, 0.5) is 13.2 Å². The number of thioether (sulfide) groups is 1. The Kier molecular flexibility index (Phi) is 5.13. The molecule has 0 radical (unpaired) electrons. The highest BCUT2D eigenvalue weighted by atomic mass is 32.2. The van der Waals surface area contributed by atoms with E-state index in [2.05, 4.69) is 0 Å². The highest BCUT2D eigenvalue weighted by Crippen LogP contribution is 2.33. The Hall–Kier alpha value is -1.76. The Labute approximate surface area is 142 Å². The van der Waals surface area contributed by atoms with E-state index in [1.165, 1.54) is 34.9 Å². The van der Waals surface area contributed by atoms with Crippen LogP contribution in [-0.4, -0.2) is 22.3 Å². The maximum absolute atomic E-state index is 12.8. The summed E-state index contributed by atoms with van der Waals surface area (Å²) in [5.41, 5.74) is -0.966. The van der Waals surface area contributed by atoms with E-state index in [0.717, 1.165) is 12.1 Å². The topological polar surface area (TPSA) is 37.4 Å². The number of allylic oxidation sites excluding steroid dienone is 1. The van der Waals surface area contributed by atoms with Gasteiger partial charge in [0.05, 0.1) is 22.9 Å². The number of ketones is 1. The van der Waals surface area contributed by atoms with Gasteiger partial charge in [-0.25, -0.2) is 0 Å². The van der Waals surface area contributed by atoms with Crippen molar-refractivity contribution in [2.45, 2.75) is 33.5 Å². The summed E-state index contributed by atoms with van der Waals surface area (Å²) in [7, 11) is 0. The number of carbonyl (C=O) groups is 2. The van der Waals surface area contributed by atoms with E-state index in [1.54, 1.807) is 20.8 Å². The second-order valence-corrected chi connectivity index (χ2v) is 7.56. The third-order valence-corrected chi connectivity index (χ3v) is 4.52. The van der Waals surface area contributed by atoms with Gasteiger partial charge in [-0.2, -0.15) is 13.2 Å². The molecule has 0 aliphatic carbocycles. The summed E-state index contributed by atoms with van der Waals surface area (Å²) in [6, 6.07) is 4.87. The van der Waals surface area contributed by atoms with E-state index in [-0.39, 0.29) is 24.0 Å². The van der Waals surface area contributed by atoms with Gasteiger partial charge in [0.25, 0.3) is 0 Å². The van der Waals surface area contributed by atoms with Crippen LogP contribution >= 0.6 is 11.8 Å². The van der Waals surface area contributed by atoms with Gasteiger partial charge >= 0.3 is 6.18 Å². The van der Waals surface area contributed by atoms with Crippen molar-refractivity contribution in [1.29, 1.82) is 0 Å². The lowest BCUT2D eigenvalue weighted by Crippen LogP contribution is -2.26. The highest BCUT2D eigenvalue weighted by Gasteiger charge is 2.32. The molecule has 1 fully saturated rings. The molecule has 0 bridgehead atoms. The average Bonchev–Trinajstić information content (AvgIpc) is 2.79. The molecular weight excluding hydrogens is 339 g/mol. The van der Waals surface area contributed by atoms with E-state index in [4.69, 9.17) is 0 Å². The molecular formula is C17H18F3NO2S. The Morgan fingerprint density at radius 3 is 2.54 bits per heavy atom. The Bertz CT molecular complexity index is 690. The molecule has 0 saturated carbocycles. The SMILES string of the molecule is CC(C)(C)C(=O)/C=C1\SCC(=O)N1Cc1cccc(C(F)(F)F)c1. The summed E-state index contributed by atoms with van der Waals surface area (Å²) in [6.45, 7) is 5.32. The predicted molar refractivity (Wildman–Crippen MR) is 87.0 cm³/mol. The minimum absolute atomic E-state index is 0.0129. The first-order valence-corrected chi connectivity index (χ1v) is 8.32. The van der Waals surface area contributed by atoms with Gasteiger partial charge in [-0.1, -0.05) is 44.7 Å². The average molecular weight is 357 g/mol. The van der Waals surface area contributed by atoms with Crippen LogP contribution in [-0.2, 0) is 22.3 Å². The van der Waals surface area contributed by atoms with Gasteiger partial charge in [0.15, 0.2) is 5.78 Å². The van der Waals surface area contributed by atoms with E-state index in [0.29, 0.717) is 10.6 Å². The van der Waals surface area contributed by atoms with Crippen LogP contribution in [0.15, 0.2) is 35.4 Å². The first-order chi connectivity index (χ1) is 11.0. The van der Waals surface area contributed by atoms with Crippen molar-refractivity contribution >= 4 is 23.5 Å².